The molecule has 0 amide bonds. The molecule has 0 aliphatic rings. The zero-order valence-electron chi connectivity index (χ0n) is 4.71. The Morgan fingerprint density at radius 2 is 2.12 bits per heavy atom. The average molecular weight is 117 g/mol. The summed E-state index contributed by atoms with van der Waals surface area (Å²) in [6.07, 6.45) is 0. The van der Waals surface area contributed by atoms with Gasteiger partial charge >= 0.3 is 5.97 Å². The molecule has 0 radical (unpaired) electrons. The van der Waals surface area contributed by atoms with Crippen LogP contribution in [0.2, 0.25) is 0 Å². The van der Waals surface area contributed by atoms with Gasteiger partial charge in [0.15, 0.2) is 0 Å². The second-order valence-corrected chi connectivity index (χ2v) is 1.39. The molecule has 0 aliphatic carbocycles. The number of aliphatic carboxylic acids is 1. The molecule has 8 heavy (non-hydrogen) atoms. The van der Waals surface area contributed by atoms with Crippen LogP contribution < -0.4 is 0 Å². The normalized spacial score (nSPS) is 12.8. The first-order chi connectivity index (χ1) is 3.55. The van der Waals surface area contributed by atoms with E-state index in [1.54, 1.807) is 0 Å². The Balaban J connectivity index is 4.23. The highest BCUT2D eigenvalue weighted by Gasteiger charge is 2.07. The van der Waals surface area contributed by atoms with Gasteiger partial charge in [0.2, 0.25) is 0 Å². The predicted octanol–water partition coefficient (Wildman–Crippen LogP) is -0.328. The van der Waals surface area contributed by atoms with Gasteiger partial charge < -0.3 is 10.3 Å². The van der Waals surface area contributed by atoms with Crippen LogP contribution in [-0.2, 0) is 4.79 Å². The largest absolute Gasteiger partial charge is 0.624 e. The van der Waals surface area contributed by atoms with Gasteiger partial charge in [0, 0.05) is 6.92 Å². The van der Waals surface area contributed by atoms with Crippen molar-refractivity contribution in [1.29, 1.82) is 0 Å². The van der Waals surface area contributed by atoms with Crippen molar-refractivity contribution in [2.45, 2.75) is 6.92 Å². The van der Waals surface area contributed by atoms with Crippen LogP contribution in [0.25, 0.3) is 0 Å². The van der Waals surface area contributed by atoms with Crippen LogP contribution >= 0.6 is 0 Å². The summed E-state index contributed by atoms with van der Waals surface area (Å²) >= 11 is 0. The van der Waals surface area contributed by atoms with Crippen LogP contribution in [0.3, 0.4) is 0 Å². The number of nitrogens with zero attached hydrogens (tertiary/aromatic N) is 1. The van der Waals surface area contributed by atoms with Crippen molar-refractivity contribution in [2.75, 3.05) is 7.05 Å². The smallest absolute Gasteiger partial charge is 0.397 e. The van der Waals surface area contributed by atoms with Crippen LogP contribution in [0.15, 0.2) is 0 Å². The molecule has 0 saturated heterocycles. The van der Waals surface area contributed by atoms with Gasteiger partial charge in [-0.15, -0.1) is 0 Å². The van der Waals surface area contributed by atoms with Crippen LogP contribution in [0.4, 0.5) is 0 Å². The fourth-order valence-electron chi connectivity index (χ4n) is 0.135. The Hall–Kier alpha value is -1.06. The fraction of sp³-hybridized carbons (Fsp3) is 0.500. The van der Waals surface area contributed by atoms with Crippen molar-refractivity contribution in [3.05, 3.63) is 5.21 Å². The van der Waals surface area contributed by atoms with Crippen LogP contribution in [0.5, 0.6) is 0 Å². The van der Waals surface area contributed by atoms with E-state index >= 15 is 0 Å². The highest BCUT2D eigenvalue weighted by atomic mass is 16.5. The lowest BCUT2D eigenvalue weighted by molar-refractivity contribution is -0.422. The summed E-state index contributed by atoms with van der Waals surface area (Å²) in [5.41, 5.74) is -0.204. The van der Waals surface area contributed by atoms with Crippen molar-refractivity contribution in [1.82, 2.24) is 0 Å². The standard InChI is InChI=1S/C4H7NO3/c1-3(4(6)7)5(2)8/h1-2H3,(H,6,7). The number of hydroxylamine groups is 1. The summed E-state index contributed by atoms with van der Waals surface area (Å²) in [7, 11) is 1.14. The summed E-state index contributed by atoms with van der Waals surface area (Å²) in [6, 6.07) is 0. The molecule has 0 heterocycles. The van der Waals surface area contributed by atoms with E-state index in [1.807, 2.05) is 0 Å². The fourth-order valence-corrected chi connectivity index (χ4v) is 0.135. The number of carboxylic acids is 1. The Bertz CT molecular complexity index is 134. The molecule has 0 aromatic carbocycles. The van der Waals surface area contributed by atoms with E-state index in [4.69, 9.17) is 5.11 Å². The van der Waals surface area contributed by atoms with E-state index in [-0.39, 0.29) is 5.71 Å². The van der Waals surface area contributed by atoms with Gasteiger partial charge in [-0.05, 0) is 0 Å². The zero-order chi connectivity index (χ0) is 6.73. The third kappa shape index (κ3) is 1.59. The molecule has 4 heteroatoms. The molecule has 1 N–H and O–H groups in total. The summed E-state index contributed by atoms with van der Waals surface area (Å²) < 4.78 is 0.308. The first kappa shape index (κ1) is 6.94. The van der Waals surface area contributed by atoms with E-state index in [9.17, 15) is 10.0 Å². The maximum absolute atomic E-state index is 10.1. The van der Waals surface area contributed by atoms with Crippen molar-refractivity contribution in [2.24, 2.45) is 0 Å². The second-order valence-electron chi connectivity index (χ2n) is 1.39. The molecule has 0 atom stereocenters. The molecule has 0 saturated carbocycles. The molecule has 0 aromatic rings. The van der Waals surface area contributed by atoms with Gasteiger partial charge in [-0.1, -0.05) is 0 Å². The van der Waals surface area contributed by atoms with E-state index in [0.29, 0.717) is 4.74 Å². The molecule has 4 nitrogen and oxygen atoms in total. The van der Waals surface area contributed by atoms with Gasteiger partial charge in [-0.2, -0.15) is 0 Å². The molecule has 0 spiro atoms. The first-order valence-corrected chi connectivity index (χ1v) is 2.03. The molecule has 0 aromatic heterocycles. The molecule has 0 unspecified atom stereocenters. The number of hydrogen-bond acceptors (Lipinski definition) is 2. The van der Waals surface area contributed by atoms with E-state index in [2.05, 4.69) is 0 Å². The van der Waals surface area contributed by atoms with Gasteiger partial charge in [0.05, 0.1) is 0 Å². The number of hydrogen-bond donors (Lipinski definition) is 1. The molecule has 0 aliphatic heterocycles. The van der Waals surface area contributed by atoms with Crippen molar-refractivity contribution >= 4 is 11.7 Å². The highest BCUT2D eigenvalue weighted by Crippen LogP contribution is 1.72. The summed E-state index contributed by atoms with van der Waals surface area (Å²) in [5.74, 6) is -1.18. The Morgan fingerprint density at radius 1 is 1.75 bits per heavy atom. The molecular formula is C4H7NO3. The monoisotopic (exact) mass is 117 g/mol. The maximum atomic E-state index is 10.1. The summed E-state index contributed by atoms with van der Waals surface area (Å²) in [4.78, 5) is 9.86. The molecular weight excluding hydrogens is 110 g/mol. The summed E-state index contributed by atoms with van der Waals surface area (Å²) in [6.45, 7) is 1.25. The average Bonchev–Trinajstić information content (AvgIpc) is 1.64. The first-order valence-electron chi connectivity index (χ1n) is 2.03. The van der Waals surface area contributed by atoms with Crippen LogP contribution in [0.1, 0.15) is 6.92 Å². The number of carbonyl (C=O) groups is 1. The molecule has 0 rings (SSSR count). The SMILES string of the molecule is CC(C(=O)O)=[N+](C)[O-]. The third-order valence-electron chi connectivity index (χ3n) is 0.782. The summed E-state index contributed by atoms with van der Waals surface area (Å²) in [5, 5.41) is 18.2. The van der Waals surface area contributed by atoms with Gasteiger partial charge in [-0.25, -0.2) is 9.53 Å². The highest BCUT2D eigenvalue weighted by molar-refractivity contribution is 6.32. The third-order valence-corrected chi connectivity index (χ3v) is 0.782. The van der Waals surface area contributed by atoms with E-state index < -0.39 is 5.97 Å². The Kier molecular flexibility index (Phi) is 1.99. The Morgan fingerprint density at radius 3 is 2.12 bits per heavy atom. The molecule has 0 bridgehead atoms. The lowest BCUT2D eigenvalue weighted by Crippen LogP contribution is -2.17. The topological polar surface area (TPSA) is 63.4 Å². The van der Waals surface area contributed by atoms with Gasteiger partial charge in [-0.3, -0.25) is 0 Å². The van der Waals surface area contributed by atoms with Gasteiger partial charge in [0.1, 0.15) is 7.05 Å². The second kappa shape index (κ2) is 2.30. The van der Waals surface area contributed by atoms with E-state index in [1.165, 1.54) is 6.92 Å². The quantitative estimate of drug-likeness (QED) is 0.221. The lowest BCUT2D eigenvalue weighted by atomic mass is 10.4. The van der Waals surface area contributed by atoms with Crippen molar-refractivity contribution in [3.63, 3.8) is 0 Å². The minimum atomic E-state index is -1.18. The zero-order valence-corrected chi connectivity index (χ0v) is 4.71. The van der Waals surface area contributed by atoms with Crippen LogP contribution in [-0.4, -0.2) is 28.6 Å². The Labute approximate surface area is 46.6 Å². The minimum absolute atomic E-state index is 0.204. The molecule has 46 valence electrons. The molecule has 0 fully saturated rings. The van der Waals surface area contributed by atoms with E-state index in [0.717, 1.165) is 7.05 Å². The predicted molar refractivity (Wildman–Crippen MR) is 27.9 cm³/mol. The van der Waals surface area contributed by atoms with Crippen LogP contribution in [0, 0.1) is 5.21 Å². The van der Waals surface area contributed by atoms with Crippen molar-refractivity contribution in [3.8, 4) is 0 Å². The van der Waals surface area contributed by atoms with Gasteiger partial charge in [0.25, 0.3) is 5.71 Å². The minimum Gasteiger partial charge on any atom is -0.624 e. The lowest BCUT2D eigenvalue weighted by Gasteiger charge is -1.95. The maximum Gasteiger partial charge on any atom is 0.397 e. The number of carboxylic acid groups (broad SMARTS) is 1. The van der Waals surface area contributed by atoms with Crippen molar-refractivity contribution < 1.29 is 14.6 Å². The number of rotatable bonds is 1.